The Morgan fingerprint density at radius 1 is 0.889 bits per heavy atom. The number of fused-ring (bicyclic) bond motifs is 1. The van der Waals surface area contributed by atoms with Gasteiger partial charge in [-0.1, -0.05) is 48.5 Å². The monoisotopic (exact) mass is 786 g/mol. The first-order valence-electron chi connectivity index (χ1n) is 15.9. The van der Waals surface area contributed by atoms with E-state index in [1.165, 1.54) is 0 Å². The highest BCUT2D eigenvalue weighted by atomic mass is 32.1. The van der Waals surface area contributed by atoms with Crippen LogP contribution in [0.4, 0.5) is 32.2 Å². The number of aromatic nitrogens is 2. The number of hydrogen-bond acceptors (Lipinski definition) is 8. The van der Waals surface area contributed by atoms with Crippen LogP contribution in [0, 0.1) is 0 Å². The largest absolute Gasteiger partial charge is 0.490 e. The van der Waals surface area contributed by atoms with E-state index >= 15 is 0 Å². The molecule has 292 valence electrons. The van der Waals surface area contributed by atoms with Gasteiger partial charge in [-0.2, -0.15) is 26.3 Å². The van der Waals surface area contributed by atoms with Gasteiger partial charge in [-0.3, -0.25) is 14.4 Å². The highest BCUT2D eigenvalue weighted by Gasteiger charge is 2.39. The predicted octanol–water partition coefficient (Wildman–Crippen LogP) is 4.98. The summed E-state index contributed by atoms with van der Waals surface area (Å²) in [4.78, 5) is 63.9. The van der Waals surface area contributed by atoms with Crippen molar-refractivity contribution < 1.29 is 60.5 Å². The Balaban J connectivity index is 0.000000476. The second kappa shape index (κ2) is 18.0. The molecule has 1 aliphatic heterocycles. The lowest BCUT2D eigenvalue weighted by atomic mass is 10.0. The number of halogens is 6. The third kappa shape index (κ3) is 12.3. The van der Waals surface area contributed by atoms with Gasteiger partial charge in [-0.15, -0.1) is 11.3 Å². The van der Waals surface area contributed by atoms with Crippen LogP contribution < -0.4 is 16.4 Å². The van der Waals surface area contributed by atoms with Crippen molar-refractivity contribution in [1.29, 1.82) is 0 Å². The number of rotatable bonds is 9. The van der Waals surface area contributed by atoms with Crippen LogP contribution in [0.3, 0.4) is 0 Å². The van der Waals surface area contributed by atoms with Crippen LogP contribution in [0.2, 0.25) is 0 Å². The van der Waals surface area contributed by atoms with E-state index in [1.54, 1.807) is 42.3 Å². The van der Waals surface area contributed by atoms with Crippen LogP contribution in [-0.4, -0.2) is 91.3 Å². The number of carboxylic acid groups (broad SMARTS) is 2. The molecule has 2 atom stereocenters. The highest BCUT2D eigenvalue weighted by Crippen LogP contribution is 2.28. The number of benzene rings is 2. The van der Waals surface area contributed by atoms with Gasteiger partial charge in [0.05, 0.1) is 11.9 Å². The number of alkyl halides is 6. The highest BCUT2D eigenvalue weighted by molar-refractivity contribution is 7.17. The Morgan fingerprint density at radius 2 is 1.43 bits per heavy atom. The zero-order valence-corrected chi connectivity index (χ0v) is 29.5. The van der Waals surface area contributed by atoms with E-state index in [4.69, 9.17) is 25.5 Å². The molecule has 0 radical (unpaired) electrons. The average molecular weight is 787 g/mol. The van der Waals surface area contributed by atoms with Crippen LogP contribution >= 0.6 is 11.3 Å². The molecule has 3 heterocycles. The van der Waals surface area contributed by atoms with Crippen molar-refractivity contribution in [2.45, 2.75) is 63.1 Å². The number of nitrogens with one attached hydrogen (secondary N) is 2. The maximum Gasteiger partial charge on any atom is 0.490 e. The van der Waals surface area contributed by atoms with E-state index < -0.39 is 53.7 Å². The molecule has 13 nitrogen and oxygen atoms in total. The van der Waals surface area contributed by atoms with Crippen molar-refractivity contribution in [1.82, 2.24) is 19.8 Å². The molecule has 5 rings (SSSR count). The lowest BCUT2D eigenvalue weighted by Gasteiger charge is -2.24. The normalized spacial score (nSPS) is 14.1. The van der Waals surface area contributed by atoms with Crippen molar-refractivity contribution in [2.24, 2.45) is 5.73 Å². The number of thiophene rings is 1. The summed E-state index contributed by atoms with van der Waals surface area (Å²) in [5, 5.41) is 23.0. The lowest BCUT2D eigenvalue weighted by molar-refractivity contribution is -0.193. The second-order valence-corrected chi connectivity index (χ2v) is 13.3. The van der Waals surface area contributed by atoms with E-state index in [0.29, 0.717) is 12.2 Å². The minimum absolute atomic E-state index is 0.00127. The fourth-order valence-electron chi connectivity index (χ4n) is 4.91. The first-order chi connectivity index (χ1) is 25.1. The Bertz CT molecular complexity index is 1900. The average Bonchev–Trinajstić information content (AvgIpc) is 3.87. The number of likely N-dealkylation sites (tertiary alicyclic amines) is 1. The maximum atomic E-state index is 13.5. The van der Waals surface area contributed by atoms with Crippen molar-refractivity contribution in [2.75, 3.05) is 18.4 Å². The number of carbonyl (C=O) groups excluding carboxylic acids is 3. The smallest absolute Gasteiger partial charge is 0.475 e. The summed E-state index contributed by atoms with van der Waals surface area (Å²) in [6.45, 7) is 4.66. The Hall–Kier alpha value is -5.50. The Kier molecular flexibility index (Phi) is 14.3. The zero-order valence-electron chi connectivity index (χ0n) is 28.6. The minimum atomic E-state index is -5.08. The number of carboxylic acids is 2. The lowest BCUT2D eigenvalue weighted by Crippen LogP contribution is -2.55. The van der Waals surface area contributed by atoms with Crippen molar-refractivity contribution in [3.63, 3.8) is 0 Å². The second-order valence-electron chi connectivity index (χ2n) is 12.4. The van der Waals surface area contributed by atoms with Crippen LogP contribution in [0.1, 0.15) is 43.9 Å². The van der Waals surface area contributed by atoms with Gasteiger partial charge < -0.3 is 36.0 Å². The molecular formula is C34H36F6N6O7S. The summed E-state index contributed by atoms with van der Waals surface area (Å²) in [5.74, 6) is -6.07. The molecule has 2 aromatic heterocycles. The molecular weight excluding hydrogens is 750 g/mol. The fourth-order valence-corrected chi connectivity index (χ4v) is 5.88. The van der Waals surface area contributed by atoms with E-state index in [9.17, 15) is 40.7 Å². The molecule has 4 aromatic rings. The third-order valence-corrected chi connectivity index (χ3v) is 8.61. The zero-order chi connectivity index (χ0) is 40.4. The first-order valence-corrected chi connectivity index (χ1v) is 16.8. The molecule has 0 saturated carbocycles. The van der Waals surface area contributed by atoms with Gasteiger partial charge in [0.25, 0.3) is 0 Å². The van der Waals surface area contributed by atoms with Crippen molar-refractivity contribution in [3.8, 4) is 0 Å². The number of imidazole rings is 1. The van der Waals surface area contributed by atoms with Gasteiger partial charge >= 0.3 is 24.3 Å². The number of amides is 3. The molecule has 0 aliphatic carbocycles. The van der Waals surface area contributed by atoms with Gasteiger partial charge in [0, 0.05) is 30.4 Å². The molecule has 0 spiro atoms. The molecule has 6 N–H and O–H groups in total. The van der Waals surface area contributed by atoms with Gasteiger partial charge in [0.1, 0.15) is 12.1 Å². The number of aliphatic carboxylic acids is 2. The number of nitrogens with two attached hydrogens (primary N) is 1. The van der Waals surface area contributed by atoms with E-state index in [-0.39, 0.29) is 5.91 Å². The van der Waals surface area contributed by atoms with Crippen LogP contribution in [0.5, 0.6) is 0 Å². The molecule has 1 saturated heterocycles. The first kappa shape index (κ1) is 42.9. The molecule has 3 amide bonds. The van der Waals surface area contributed by atoms with Crippen molar-refractivity contribution >= 4 is 56.9 Å². The van der Waals surface area contributed by atoms with Crippen LogP contribution in [0.15, 0.2) is 72.5 Å². The van der Waals surface area contributed by atoms with Gasteiger partial charge in [0.15, 0.2) is 5.82 Å². The summed E-state index contributed by atoms with van der Waals surface area (Å²) in [6, 6.07) is 16.0. The number of anilines is 1. The number of carbonyl (C=O) groups is 5. The fraction of sp³-hybridized carbons (Fsp3) is 0.353. The van der Waals surface area contributed by atoms with E-state index in [2.05, 4.69) is 15.6 Å². The Morgan fingerprint density at radius 3 is 1.96 bits per heavy atom. The molecule has 20 heteroatoms. The summed E-state index contributed by atoms with van der Waals surface area (Å²) < 4.78 is 66.3. The minimum Gasteiger partial charge on any atom is -0.475 e. The number of nitrogens with zero attached hydrogens (tertiary/aromatic N) is 3. The van der Waals surface area contributed by atoms with E-state index in [0.717, 1.165) is 47.1 Å². The van der Waals surface area contributed by atoms with Gasteiger partial charge in [-0.25, -0.2) is 14.6 Å². The van der Waals surface area contributed by atoms with Crippen LogP contribution in [0.25, 0.3) is 10.1 Å². The SMILES string of the molecule is CC(C)(N)C(=O)N[C@H](Cc1csc2ccccc12)C(=O)Nc1cn(C(C(=O)N2CCCC2)c2ccccc2)cn1.O=C(O)C(F)(F)F.O=C(O)C(F)(F)F. The standard InChI is InChI=1S/C30H34N6O3S.2C2HF3O2/c1-30(2,31)29(39)33-23(16-21-18-40-24-13-7-6-12-22(21)24)27(37)34-25-17-36(19-32-25)26(20-10-4-3-5-11-20)28(38)35-14-8-9-15-35;2*3-2(4,5)1(6)7/h3-7,10-13,17-19,23,26H,8-9,14-16,31H2,1-2H3,(H,33,39)(H,34,37);2*(H,6,7)/t23-,26?;;/m1../s1. The van der Waals surface area contributed by atoms with Crippen LogP contribution in [-0.2, 0) is 30.4 Å². The molecule has 2 aromatic carbocycles. The molecule has 1 unspecified atom stereocenters. The summed E-state index contributed by atoms with van der Waals surface area (Å²) in [6.07, 6.45) is -4.67. The third-order valence-electron chi connectivity index (χ3n) is 7.60. The molecule has 0 bridgehead atoms. The Labute approximate surface area is 307 Å². The van der Waals surface area contributed by atoms with Gasteiger partial charge in [-0.05, 0) is 54.6 Å². The van der Waals surface area contributed by atoms with Gasteiger partial charge in [0.2, 0.25) is 17.7 Å². The summed E-state index contributed by atoms with van der Waals surface area (Å²) >= 11 is 1.59. The molecule has 1 aliphatic rings. The quantitative estimate of drug-likeness (QED) is 0.145. The molecule has 54 heavy (non-hydrogen) atoms. The topological polar surface area (TPSA) is 197 Å². The van der Waals surface area contributed by atoms with Crippen molar-refractivity contribution in [3.05, 3.63) is 83.6 Å². The number of hydrogen-bond donors (Lipinski definition) is 5. The molecule has 1 fully saturated rings. The predicted molar refractivity (Wildman–Crippen MR) is 184 cm³/mol. The summed E-state index contributed by atoms with van der Waals surface area (Å²) in [5.41, 5.74) is 6.67. The maximum absolute atomic E-state index is 13.5. The summed E-state index contributed by atoms with van der Waals surface area (Å²) in [7, 11) is 0. The van der Waals surface area contributed by atoms with E-state index in [1.807, 2.05) is 64.9 Å².